The molecule has 1 amide bonds. The predicted octanol–water partition coefficient (Wildman–Crippen LogP) is 3.41. The molecule has 0 aromatic heterocycles. The van der Waals surface area contributed by atoms with E-state index in [1.807, 2.05) is 38.1 Å². The first-order valence-corrected chi connectivity index (χ1v) is 10.8. The van der Waals surface area contributed by atoms with Crippen LogP contribution in [0.1, 0.15) is 36.9 Å². The molecule has 0 spiro atoms. The van der Waals surface area contributed by atoms with Crippen LogP contribution >= 0.6 is 0 Å². The molecule has 150 valence electrons. The van der Waals surface area contributed by atoms with Gasteiger partial charge in [0.2, 0.25) is 15.9 Å². The van der Waals surface area contributed by atoms with Gasteiger partial charge in [-0.15, -0.1) is 0 Å². The molecule has 1 saturated heterocycles. The summed E-state index contributed by atoms with van der Waals surface area (Å²) in [6.07, 6.45) is 1.25. The Morgan fingerprint density at radius 2 is 1.86 bits per heavy atom. The molecule has 2 atom stereocenters. The lowest BCUT2D eigenvalue weighted by Crippen LogP contribution is -2.45. The minimum absolute atomic E-state index is 0.0447. The van der Waals surface area contributed by atoms with Crippen molar-refractivity contribution < 1.29 is 17.6 Å². The van der Waals surface area contributed by atoms with Crippen molar-refractivity contribution in [3.63, 3.8) is 0 Å². The number of carbonyl (C=O) groups excluding carboxylic acids is 1. The van der Waals surface area contributed by atoms with Crippen LogP contribution in [-0.2, 0) is 14.8 Å². The van der Waals surface area contributed by atoms with Crippen LogP contribution in [0.4, 0.5) is 4.39 Å². The zero-order chi connectivity index (χ0) is 20.3. The Balaban J connectivity index is 1.69. The summed E-state index contributed by atoms with van der Waals surface area (Å²) in [6.45, 7) is 4.41. The third kappa shape index (κ3) is 4.42. The number of piperidine rings is 1. The largest absolute Gasteiger partial charge is 0.349 e. The fraction of sp³-hybridized carbons (Fsp3) is 0.381. The Kier molecular flexibility index (Phi) is 6.15. The number of sulfonamides is 1. The number of amides is 1. The van der Waals surface area contributed by atoms with Gasteiger partial charge >= 0.3 is 0 Å². The molecule has 7 heteroatoms. The van der Waals surface area contributed by atoms with Crippen LogP contribution in [0.15, 0.2) is 53.4 Å². The summed E-state index contributed by atoms with van der Waals surface area (Å²) in [5, 5.41) is 3.02. The van der Waals surface area contributed by atoms with Crippen molar-refractivity contribution in [3.8, 4) is 0 Å². The molecule has 5 nitrogen and oxygen atoms in total. The molecule has 1 N–H and O–H groups in total. The number of halogens is 1. The molecular formula is C21H25FN2O3S. The first-order valence-electron chi connectivity index (χ1n) is 9.40. The van der Waals surface area contributed by atoms with Gasteiger partial charge in [0.25, 0.3) is 0 Å². The van der Waals surface area contributed by atoms with Crippen LogP contribution in [0.5, 0.6) is 0 Å². The van der Waals surface area contributed by atoms with Crippen LogP contribution in [0.2, 0.25) is 0 Å². The van der Waals surface area contributed by atoms with Gasteiger partial charge in [-0.2, -0.15) is 4.31 Å². The Hall–Kier alpha value is -2.25. The maximum Gasteiger partial charge on any atom is 0.243 e. The highest BCUT2D eigenvalue weighted by atomic mass is 32.2. The van der Waals surface area contributed by atoms with Crippen LogP contribution in [0.25, 0.3) is 0 Å². The van der Waals surface area contributed by atoms with Gasteiger partial charge in [0.15, 0.2) is 0 Å². The van der Waals surface area contributed by atoms with Crippen LogP contribution in [0, 0.1) is 18.7 Å². The van der Waals surface area contributed by atoms with Gasteiger partial charge in [0.1, 0.15) is 5.82 Å². The van der Waals surface area contributed by atoms with E-state index in [2.05, 4.69) is 5.32 Å². The molecule has 1 aliphatic rings. The lowest BCUT2D eigenvalue weighted by Gasteiger charge is -2.32. The summed E-state index contributed by atoms with van der Waals surface area (Å²) in [6, 6.07) is 12.5. The number of carbonyl (C=O) groups is 1. The molecular weight excluding hydrogens is 379 g/mol. The maximum absolute atomic E-state index is 13.1. The Morgan fingerprint density at radius 3 is 2.54 bits per heavy atom. The number of hydrogen-bond donors (Lipinski definition) is 1. The van der Waals surface area contributed by atoms with Crippen LogP contribution in [-0.4, -0.2) is 31.7 Å². The summed E-state index contributed by atoms with van der Waals surface area (Å²) in [4.78, 5) is 12.8. The van der Waals surface area contributed by atoms with E-state index >= 15 is 0 Å². The van der Waals surface area contributed by atoms with Gasteiger partial charge in [-0.05, 0) is 62.1 Å². The Morgan fingerprint density at radius 1 is 1.18 bits per heavy atom. The SMILES string of the molecule is Cc1ccccc1C(C)NC(=O)C1CCCN(S(=O)(=O)c2ccc(F)cc2)C1. The van der Waals surface area contributed by atoms with E-state index in [0.717, 1.165) is 23.3 Å². The smallest absolute Gasteiger partial charge is 0.243 e. The van der Waals surface area contributed by atoms with Gasteiger partial charge in [0.05, 0.1) is 16.9 Å². The normalized spacial score (nSPS) is 19.2. The molecule has 0 saturated carbocycles. The second kappa shape index (κ2) is 8.41. The Bertz CT molecular complexity index is 944. The summed E-state index contributed by atoms with van der Waals surface area (Å²) >= 11 is 0. The molecule has 2 unspecified atom stereocenters. The number of nitrogens with one attached hydrogen (secondary N) is 1. The standard InChI is InChI=1S/C21H25FN2O3S/c1-15-6-3-4-8-20(15)16(2)23-21(25)17-7-5-13-24(14-17)28(26,27)19-11-9-18(22)10-12-19/h3-4,6,8-12,16-17H,5,7,13-14H2,1-2H3,(H,23,25). The van der Waals surface area contributed by atoms with Crippen molar-refractivity contribution in [1.29, 1.82) is 0 Å². The first kappa shape index (κ1) is 20.5. The quantitative estimate of drug-likeness (QED) is 0.830. The van der Waals surface area contributed by atoms with E-state index in [1.54, 1.807) is 0 Å². The van der Waals surface area contributed by atoms with E-state index in [-0.39, 0.29) is 23.4 Å². The van der Waals surface area contributed by atoms with E-state index in [0.29, 0.717) is 19.4 Å². The van der Waals surface area contributed by atoms with Crippen molar-refractivity contribution in [1.82, 2.24) is 9.62 Å². The molecule has 1 fully saturated rings. The van der Waals surface area contributed by atoms with Crippen molar-refractivity contribution in [2.45, 2.75) is 37.6 Å². The molecule has 1 heterocycles. The van der Waals surface area contributed by atoms with Crippen molar-refractivity contribution >= 4 is 15.9 Å². The molecule has 3 rings (SSSR count). The summed E-state index contributed by atoms with van der Waals surface area (Å²) in [5.74, 6) is -1.04. The maximum atomic E-state index is 13.1. The summed E-state index contributed by atoms with van der Waals surface area (Å²) in [7, 11) is -3.75. The average Bonchev–Trinajstić information content (AvgIpc) is 2.68. The first-order chi connectivity index (χ1) is 13.3. The number of benzene rings is 2. The fourth-order valence-electron chi connectivity index (χ4n) is 3.61. The highest BCUT2D eigenvalue weighted by Crippen LogP contribution is 2.25. The highest BCUT2D eigenvalue weighted by molar-refractivity contribution is 7.89. The number of rotatable bonds is 5. The van der Waals surface area contributed by atoms with Crippen LogP contribution < -0.4 is 5.32 Å². The molecule has 2 aromatic rings. The van der Waals surface area contributed by atoms with Gasteiger partial charge in [-0.25, -0.2) is 12.8 Å². The van der Waals surface area contributed by atoms with E-state index in [4.69, 9.17) is 0 Å². The minimum Gasteiger partial charge on any atom is -0.349 e. The second-order valence-corrected chi connectivity index (χ2v) is 9.18. The fourth-order valence-corrected chi connectivity index (χ4v) is 5.14. The highest BCUT2D eigenvalue weighted by Gasteiger charge is 2.33. The Labute approximate surface area is 165 Å². The monoisotopic (exact) mass is 404 g/mol. The lowest BCUT2D eigenvalue weighted by molar-refractivity contribution is -0.126. The molecule has 2 aromatic carbocycles. The van der Waals surface area contributed by atoms with Crippen molar-refractivity contribution in [3.05, 3.63) is 65.5 Å². The summed E-state index contributed by atoms with van der Waals surface area (Å²) in [5.41, 5.74) is 2.14. The van der Waals surface area contributed by atoms with Crippen molar-refractivity contribution in [2.24, 2.45) is 5.92 Å². The van der Waals surface area contributed by atoms with E-state index in [1.165, 1.54) is 16.4 Å². The minimum atomic E-state index is -3.75. The number of nitrogens with zero attached hydrogens (tertiary/aromatic N) is 1. The molecule has 0 bridgehead atoms. The van der Waals surface area contributed by atoms with Gasteiger partial charge in [0, 0.05) is 13.1 Å². The van der Waals surface area contributed by atoms with E-state index < -0.39 is 21.8 Å². The van der Waals surface area contributed by atoms with Gasteiger partial charge in [-0.1, -0.05) is 24.3 Å². The molecule has 1 aliphatic heterocycles. The third-order valence-corrected chi connectivity index (χ3v) is 7.10. The molecule has 0 radical (unpaired) electrons. The predicted molar refractivity (Wildman–Crippen MR) is 106 cm³/mol. The van der Waals surface area contributed by atoms with Gasteiger partial charge in [-0.3, -0.25) is 4.79 Å². The van der Waals surface area contributed by atoms with Gasteiger partial charge < -0.3 is 5.32 Å². The van der Waals surface area contributed by atoms with Crippen LogP contribution in [0.3, 0.4) is 0 Å². The number of hydrogen-bond acceptors (Lipinski definition) is 3. The molecule has 28 heavy (non-hydrogen) atoms. The number of aryl methyl sites for hydroxylation is 1. The summed E-state index contributed by atoms with van der Waals surface area (Å²) < 4.78 is 40.1. The average molecular weight is 405 g/mol. The lowest BCUT2D eigenvalue weighted by atomic mass is 9.97. The second-order valence-electron chi connectivity index (χ2n) is 7.24. The zero-order valence-electron chi connectivity index (χ0n) is 16.1. The molecule has 0 aliphatic carbocycles. The zero-order valence-corrected chi connectivity index (χ0v) is 16.9. The van der Waals surface area contributed by atoms with E-state index in [9.17, 15) is 17.6 Å². The third-order valence-electron chi connectivity index (χ3n) is 5.22. The van der Waals surface area contributed by atoms with Crippen molar-refractivity contribution in [2.75, 3.05) is 13.1 Å². The topological polar surface area (TPSA) is 66.5 Å².